The predicted octanol–water partition coefficient (Wildman–Crippen LogP) is 1.83. The molecule has 3 atom stereocenters. The van der Waals surface area contributed by atoms with Crippen molar-refractivity contribution in [3.8, 4) is 5.75 Å². The van der Waals surface area contributed by atoms with Crippen molar-refractivity contribution >= 4 is 9.84 Å². The number of rotatable bonds is 4. The van der Waals surface area contributed by atoms with Gasteiger partial charge in [-0.15, -0.1) is 0 Å². The minimum Gasteiger partial charge on any atom is -0.497 e. The van der Waals surface area contributed by atoms with E-state index in [-0.39, 0.29) is 5.25 Å². The van der Waals surface area contributed by atoms with Gasteiger partial charge in [-0.2, -0.15) is 0 Å². The number of nitrogens with two attached hydrogens (primary N) is 1. The Morgan fingerprint density at radius 3 is 2.74 bits per heavy atom. The SMILES string of the molecule is CCC(C)S(=O)(=O)C1Cc2ccc(OC)cc2C1N. The Kier molecular flexibility index (Phi) is 3.87. The third kappa shape index (κ3) is 2.37. The number of fused-ring (bicyclic) bond motifs is 1. The van der Waals surface area contributed by atoms with Gasteiger partial charge in [0.1, 0.15) is 5.75 Å². The second-order valence-corrected chi connectivity index (χ2v) is 7.73. The molecule has 2 N–H and O–H groups in total. The second kappa shape index (κ2) is 5.13. The van der Waals surface area contributed by atoms with E-state index in [1.165, 1.54) is 0 Å². The van der Waals surface area contributed by atoms with Crippen LogP contribution in [-0.4, -0.2) is 26.0 Å². The number of sulfone groups is 1. The third-order valence-corrected chi connectivity index (χ3v) is 6.85. The zero-order chi connectivity index (χ0) is 14.2. The molecule has 0 spiro atoms. The molecule has 0 heterocycles. The maximum absolute atomic E-state index is 12.5. The molecule has 1 aromatic carbocycles. The molecule has 19 heavy (non-hydrogen) atoms. The molecule has 0 fully saturated rings. The largest absolute Gasteiger partial charge is 0.497 e. The molecular weight excluding hydrogens is 262 g/mol. The predicted molar refractivity (Wildman–Crippen MR) is 76.1 cm³/mol. The maximum Gasteiger partial charge on any atom is 0.157 e. The first kappa shape index (κ1) is 14.3. The van der Waals surface area contributed by atoms with Gasteiger partial charge in [0.25, 0.3) is 0 Å². The van der Waals surface area contributed by atoms with Crippen LogP contribution in [0.2, 0.25) is 0 Å². The second-order valence-electron chi connectivity index (χ2n) is 5.14. The van der Waals surface area contributed by atoms with Crippen molar-refractivity contribution in [2.45, 2.75) is 43.2 Å². The van der Waals surface area contributed by atoms with Gasteiger partial charge < -0.3 is 10.5 Å². The molecule has 0 amide bonds. The van der Waals surface area contributed by atoms with Crippen molar-refractivity contribution in [1.82, 2.24) is 0 Å². The molecule has 0 bridgehead atoms. The van der Waals surface area contributed by atoms with E-state index in [4.69, 9.17) is 10.5 Å². The van der Waals surface area contributed by atoms with Crippen molar-refractivity contribution in [2.24, 2.45) is 5.73 Å². The van der Waals surface area contributed by atoms with Gasteiger partial charge in [0.15, 0.2) is 9.84 Å². The van der Waals surface area contributed by atoms with E-state index in [0.717, 1.165) is 16.9 Å². The van der Waals surface area contributed by atoms with E-state index in [2.05, 4.69) is 0 Å². The van der Waals surface area contributed by atoms with Crippen molar-refractivity contribution in [2.75, 3.05) is 7.11 Å². The Morgan fingerprint density at radius 2 is 2.16 bits per heavy atom. The monoisotopic (exact) mass is 283 g/mol. The Labute approximate surface area is 114 Å². The Bertz CT molecular complexity index is 568. The fourth-order valence-corrected chi connectivity index (χ4v) is 4.62. The topological polar surface area (TPSA) is 69.4 Å². The quantitative estimate of drug-likeness (QED) is 0.915. The van der Waals surface area contributed by atoms with Crippen LogP contribution in [0.3, 0.4) is 0 Å². The van der Waals surface area contributed by atoms with Crippen LogP contribution in [0.1, 0.15) is 37.4 Å². The number of methoxy groups -OCH3 is 1. The summed E-state index contributed by atoms with van der Waals surface area (Å²) in [7, 11) is -1.60. The summed E-state index contributed by atoms with van der Waals surface area (Å²) in [5, 5.41) is -0.857. The van der Waals surface area contributed by atoms with Crippen LogP contribution in [0.15, 0.2) is 18.2 Å². The molecule has 2 rings (SSSR count). The minimum absolute atomic E-state index is 0.347. The van der Waals surface area contributed by atoms with Gasteiger partial charge in [-0.3, -0.25) is 0 Å². The molecule has 0 saturated carbocycles. The van der Waals surface area contributed by atoms with Crippen molar-refractivity contribution < 1.29 is 13.2 Å². The normalized spacial score (nSPS) is 24.0. The number of hydrogen-bond acceptors (Lipinski definition) is 4. The first-order chi connectivity index (χ1) is 8.91. The lowest BCUT2D eigenvalue weighted by Crippen LogP contribution is -2.36. The summed E-state index contributed by atoms with van der Waals surface area (Å²) < 4.78 is 30.1. The average Bonchev–Trinajstić information content (AvgIpc) is 2.75. The average molecular weight is 283 g/mol. The lowest BCUT2D eigenvalue weighted by molar-refractivity contribution is 0.414. The molecule has 1 aromatic rings. The first-order valence-corrected chi connectivity index (χ1v) is 8.17. The first-order valence-electron chi connectivity index (χ1n) is 6.56. The maximum atomic E-state index is 12.5. The van der Waals surface area contributed by atoms with Gasteiger partial charge in [0, 0.05) is 6.04 Å². The summed E-state index contributed by atoms with van der Waals surface area (Å²) in [6.07, 6.45) is 1.12. The number of ether oxygens (including phenoxy) is 1. The summed E-state index contributed by atoms with van der Waals surface area (Å²) in [5.41, 5.74) is 8.08. The van der Waals surface area contributed by atoms with Gasteiger partial charge >= 0.3 is 0 Å². The molecule has 0 saturated heterocycles. The molecule has 5 heteroatoms. The van der Waals surface area contributed by atoms with Gasteiger partial charge in [-0.25, -0.2) is 8.42 Å². The van der Waals surface area contributed by atoms with Crippen LogP contribution >= 0.6 is 0 Å². The fourth-order valence-electron chi connectivity index (χ4n) is 2.59. The van der Waals surface area contributed by atoms with E-state index < -0.39 is 21.1 Å². The van der Waals surface area contributed by atoms with E-state index >= 15 is 0 Å². The van der Waals surface area contributed by atoms with Gasteiger partial charge in [-0.05, 0) is 43.0 Å². The van der Waals surface area contributed by atoms with E-state index in [9.17, 15) is 8.42 Å². The third-order valence-electron chi connectivity index (χ3n) is 4.09. The summed E-state index contributed by atoms with van der Waals surface area (Å²) in [4.78, 5) is 0. The van der Waals surface area contributed by atoms with E-state index in [0.29, 0.717) is 12.8 Å². The molecule has 1 aliphatic carbocycles. The molecule has 3 unspecified atom stereocenters. The molecule has 0 radical (unpaired) electrons. The highest BCUT2D eigenvalue weighted by atomic mass is 32.2. The van der Waals surface area contributed by atoms with E-state index in [1.54, 1.807) is 14.0 Å². The number of hydrogen-bond donors (Lipinski definition) is 1. The molecule has 106 valence electrons. The summed E-state index contributed by atoms with van der Waals surface area (Å²) in [6.45, 7) is 3.64. The van der Waals surface area contributed by atoms with Crippen LogP contribution in [0.5, 0.6) is 5.75 Å². The van der Waals surface area contributed by atoms with Gasteiger partial charge in [0.05, 0.1) is 17.6 Å². The zero-order valence-corrected chi connectivity index (χ0v) is 12.4. The zero-order valence-electron chi connectivity index (χ0n) is 11.6. The summed E-state index contributed by atoms with van der Waals surface area (Å²) >= 11 is 0. The highest BCUT2D eigenvalue weighted by Gasteiger charge is 2.41. The van der Waals surface area contributed by atoms with Gasteiger partial charge in [0.2, 0.25) is 0 Å². The van der Waals surface area contributed by atoms with Gasteiger partial charge in [-0.1, -0.05) is 13.0 Å². The smallest absolute Gasteiger partial charge is 0.157 e. The standard InChI is InChI=1S/C14H21NO3S/c1-4-9(2)19(16,17)13-7-10-5-6-11(18-3)8-12(10)14(13)15/h5-6,8-9,13-14H,4,7,15H2,1-3H3. The Hall–Kier alpha value is -1.07. The molecular formula is C14H21NO3S. The van der Waals surface area contributed by atoms with Crippen LogP contribution in [0.25, 0.3) is 0 Å². The van der Waals surface area contributed by atoms with Crippen LogP contribution in [0.4, 0.5) is 0 Å². The minimum atomic E-state index is -3.19. The van der Waals surface area contributed by atoms with Crippen molar-refractivity contribution in [1.29, 1.82) is 0 Å². The Balaban J connectivity index is 2.36. The lowest BCUT2D eigenvalue weighted by atomic mass is 10.1. The highest BCUT2D eigenvalue weighted by molar-refractivity contribution is 7.92. The lowest BCUT2D eigenvalue weighted by Gasteiger charge is -2.20. The molecule has 0 aromatic heterocycles. The number of benzene rings is 1. The Morgan fingerprint density at radius 1 is 1.47 bits per heavy atom. The molecule has 0 aliphatic heterocycles. The van der Waals surface area contributed by atoms with Crippen LogP contribution in [0, 0.1) is 0 Å². The van der Waals surface area contributed by atoms with Crippen LogP contribution in [-0.2, 0) is 16.3 Å². The summed E-state index contributed by atoms with van der Waals surface area (Å²) in [5.74, 6) is 0.718. The molecule has 4 nitrogen and oxygen atoms in total. The van der Waals surface area contributed by atoms with Crippen molar-refractivity contribution in [3.05, 3.63) is 29.3 Å². The van der Waals surface area contributed by atoms with E-state index in [1.807, 2.05) is 25.1 Å². The fraction of sp³-hybridized carbons (Fsp3) is 0.571. The highest BCUT2D eigenvalue weighted by Crippen LogP contribution is 2.37. The van der Waals surface area contributed by atoms with Crippen LogP contribution < -0.4 is 10.5 Å². The summed E-state index contributed by atoms with van der Waals surface area (Å²) in [6, 6.07) is 5.17. The van der Waals surface area contributed by atoms with Crippen molar-refractivity contribution in [3.63, 3.8) is 0 Å². The molecule has 1 aliphatic rings.